The summed E-state index contributed by atoms with van der Waals surface area (Å²) >= 11 is 14.4. The summed E-state index contributed by atoms with van der Waals surface area (Å²) in [6.07, 6.45) is 0. The highest BCUT2D eigenvalue weighted by Gasteiger charge is 1.99. The van der Waals surface area contributed by atoms with Gasteiger partial charge in [0, 0.05) is 20.9 Å². The van der Waals surface area contributed by atoms with Crippen molar-refractivity contribution >= 4 is 56.2 Å². The second-order valence-electron chi connectivity index (χ2n) is 3.59. The predicted octanol–water partition coefficient (Wildman–Crippen LogP) is 4.91. The Balaban J connectivity index is 1.96. The van der Waals surface area contributed by atoms with Gasteiger partial charge >= 0.3 is 0 Å². The lowest BCUT2D eigenvalue weighted by Crippen LogP contribution is -2.18. The molecule has 0 bridgehead atoms. The number of nitrogens with one attached hydrogen (secondary N) is 2. The van der Waals surface area contributed by atoms with Gasteiger partial charge in [-0.25, -0.2) is 0 Å². The van der Waals surface area contributed by atoms with Gasteiger partial charge < -0.3 is 10.6 Å². The molecule has 2 nitrogen and oxygen atoms in total. The summed E-state index contributed by atoms with van der Waals surface area (Å²) in [4.78, 5) is 0. The topological polar surface area (TPSA) is 24.1 Å². The molecule has 0 aliphatic carbocycles. The average molecular weight is 342 g/mol. The van der Waals surface area contributed by atoms with E-state index in [0.29, 0.717) is 10.1 Å². The molecule has 18 heavy (non-hydrogen) atoms. The van der Waals surface area contributed by atoms with Gasteiger partial charge in [-0.1, -0.05) is 27.5 Å². The smallest absolute Gasteiger partial charge is 0.175 e. The van der Waals surface area contributed by atoms with Crippen LogP contribution in [0.2, 0.25) is 5.02 Å². The van der Waals surface area contributed by atoms with E-state index in [9.17, 15) is 0 Å². The van der Waals surface area contributed by atoms with Crippen molar-refractivity contribution < 1.29 is 0 Å². The highest BCUT2D eigenvalue weighted by molar-refractivity contribution is 9.10. The van der Waals surface area contributed by atoms with Crippen molar-refractivity contribution in [1.29, 1.82) is 0 Å². The first-order chi connectivity index (χ1) is 8.63. The molecule has 0 unspecified atom stereocenters. The van der Waals surface area contributed by atoms with Crippen LogP contribution in [-0.2, 0) is 0 Å². The Morgan fingerprint density at radius 1 is 0.889 bits per heavy atom. The monoisotopic (exact) mass is 340 g/mol. The minimum Gasteiger partial charge on any atom is -0.332 e. The van der Waals surface area contributed by atoms with Crippen LogP contribution in [0.3, 0.4) is 0 Å². The summed E-state index contributed by atoms with van der Waals surface area (Å²) in [6.45, 7) is 0. The lowest BCUT2D eigenvalue weighted by atomic mass is 10.3. The fourth-order valence-corrected chi connectivity index (χ4v) is 1.99. The van der Waals surface area contributed by atoms with Crippen molar-refractivity contribution in [2.75, 3.05) is 10.6 Å². The van der Waals surface area contributed by atoms with Gasteiger partial charge in [0.2, 0.25) is 0 Å². The summed E-state index contributed by atoms with van der Waals surface area (Å²) < 4.78 is 1.03. The Morgan fingerprint density at radius 3 is 1.83 bits per heavy atom. The number of rotatable bonds is 2. The zero-order valence-corrected chi connectivity index (χ0v) is 12.4. The Hall–Kier alpha value is -1.10. The third-order valence-electron chi connectivity index (χ3n) is 2.20. The molecule has 0 aromatic heterocycles. The van der Waals surface area contributed by atoms with E-state index in [-0.39, 0.29) is 0 Å². The molecule has 2 rings (SSSR count). The molecule has 2 aromatic carbocycles. The van der Waals surface area contributed by atoms with Gasteiger partial charge in [-0.05, 0) is 60.7 Å². The standard InChI is InChI=1S/C13H10BrClN2S/c14-9-1-5-11(6-2-9)16-13(18)17-12-7-3-10(15)4-8-12/h1-8H,(H2,16,17,18). The number of hydrogen-bond donors (Lipinski definition) is 2. The molecular weight excluding hydrogens is 332 g/mol. The van der Waals surface area contributed by atoms with E-state index in [4.69, 9.17) is 23.8 Å². The Morgan fingerprint density at radius 2 is 1.33 bits per heavy atom. The molecule has 0 spiro atoms. The van der Waals surface area contributed by atoms with Crippen molar-refractivity contribution in [2.24, 2.45) is 0 Å². The normalized spacial score (nSPS) is 9.89. The summed E-state index contributed by atoms with van der Waals surface area (Å²) in [5, 5.41) is 7.42. The van der Waals surface area contributed by atoms with E-state index in [1.807, 2.05) is 48.5 Å². The van der Waals surface area contributed by atoms with E-state index in [2.05, 4.69) is 26.6 Å². The first-order valence-electron chi connectivity index (χ1n) is 5.22. The van der Waals surface area contributed by atoms with Gasteiger partial charge in [0.25, 0.3) is 0 Å². The maximum Gasteiger partial charge on any atom is 0.175 e. The Bertz CT molecular complexity index is 490. The summed E-state index contributed by atoms with van der Waals surface area (Å²) in [7, 11) is 0. The lowest BCUT2D eigenvalue weighted by molar-refractivity contribution is 1.58. The second-order valence-corrected chi connectivity index (χ2v) is 5.35. The maximum atomic E-state index is 5.81. The molecule has 0 fully saturated rings. The number of benzene rings is 2. The Kier molecular flexibility index (Phi) is 4.58. The highest BCUT2D eigenvalue weighted by Crippen LogP contribution is 2.16. The summed E-state index contributed by atoms with van der Waals surface area (Å²) in [6, 6.07) is 15.2. The third kappa shape index (κ3) is 3.98. The van der Waals surface area contributed by atoms with Crippen LogP contribution in [-0.4, -0.2) is 5.11 Å². The van der Waals surface area contributed by atoms with Crippen LogP contribution in [0.5, 0.6) is 0 Å². The number of halogens is 2. The number of hydrogen-bond acceptors (Lipinski definition) is 1. The zero-order valence-electron chi connectivity index (χ0n) is 9.28. The van der Waals surface area contributed by atoms with Crippen LogP contribution in [0.15, 0.2) is 53.0 Å². The van der Waals surface area contributed by atoms with E-state index >= 15 is 0 Å². The minimum absolute atomic E-state index is 0.541. The molecule has 0 heterocycles. The fraction of sp³-hybridized carbons (Fsp3) is 0. The molecule has 5 heteroatoms. The van der Waals surface area contributed by atoms with Gasteiger partial charge in [0.1, 0.15) is 0 Å². The third-order valence-corrected chi connectivity index (χ3v) is 3.19. The van der Waals surface area contributed by atoms with Crippen LogP contribution in [0, 0.1) is 0 Å². The van der Waals surface area contributed by atoms with Gasteiger partial charge in [0.15, 0.2) is 5.11 Å². The molecule has 2 aromatic rings. The maximum absolute atomic E-state index is 5.81. The molecular formula is C13H10BrClN2S. The predicted molar refractivity (Wildman–Crippen MR) is 85.4 cm³/mol. The van der Waals surface area contributed by atoms with Crippen molar-refractivity contribution in [3.63, 3.8) is 0 Å². The molecule has 0 aliphatic rings. The van der Waals surface area contributed by atoms with Gasteiger partial charge in [-0.2, -0.15) is 0 Å². The fourth-order valence-electron chi connectivity index (χ4n) is 1.36. The minimum atomic E-state index is 0.541. The van der Waals surface area contributed by atoms with E-state index in [0.717, 1.165) is 15.8 Å². The van der Waals surface area contributed by atoms with Crippen molar-refractivity contribution in [2.45, 2.75) is 0 Å². The molecule has 0 saturated heterocycles. The van der Waals surface area contributed by atoms with Gasteiger partial charge in [0.05, 0.1) is 0 Å². The summed E-state index contributed by atoms with van der Waals surface area (Å²) in [5.41, 5.74) is 1.83. The zero-order chi connectivity index (χ0) is 13.0. The van der Waals surface area contributed by atoms with E-state index in [1.54, 1.807) is 0 Å². The molecule has 0 aliphatic heterocycles. The largest absolute Gasteiger partial charge is 0.332 e. The van der Waals surface area contributed by atoms with Crippen molar-refractivity contribution in [3.05, 3.63) is 58.0 Å². The molecule has 0 saturated carbocycles. The van der Waals surface area contributed by atoms with Crippen molar-refractivity contribution in [3.8, 4) is 0 Å². The molecule has 92 valence electrons. The highest BCUT2D eigenvalue weighted by atomic mass is 79.9. The van der Waals surface area contributed by atoms with Gasteiger partial charge in [-0.15, -0.1) is 0 Å². The van der Waals surface area contributed by atoms with Crippen LogP contribution < -0.4 is 10.6 Å². The van der Waals surface area contributed by atoms with E-state index < -0.39 is 0 Å². The molecule has 0 atom stereocenters. The molecule has 0 amide bonds. The lowest BCUT2D eigenvalue weighted by Gasteiger charge is -2.10. The van der Waals surface area contributed by atoms with Crippen molar-refractivity contribution in [1.82, 2.24) is 0 Å². The van der Waals surface area contributed by atoms with Crippen LogP contribution in [0.25, 0.3) is 0 Å². The molecule has 0 radical (unpaired) electrons. The summed E-state index contributed by atoms with van der Waals surface area (Å²) in [5.74, 6) is 0. The van der Waals surface area contributed by atoms with Crippen LogP contribution in [0.1, 0.15) is 0 Å². The number of thiocarbonyl (C=S) groups is 1. The van der Waals surface area contributed by atoms with E-state index in [1.165, 1.54) is 0 Å². The van der Waals surface area contributed by atoms with Crippen LogP contribution >= 0.6 is 39.7 Å². The molecule has 2 N–H and O–H groups in total. The SMILES string of the molecule is S=C(Nc1ccc(Cl)cc1)Nc1ccc(Br)cc1. The van der Waals surface area contributed by atoms with Crippen LogP contribution in [0.4, 0.5) is 11.4 Å². The average Bonchev–Trinajstić information content (AvgIpc) is 2.35. The quantitative estimate of drug-likeness (QED) is 0.759. The first kappa shape index (κ1) is 13.3. The Labute approximate surface area is 124 Å². The first-order valence-corrected chi connectivity index (χ1v) is 6.80. The van der Waals surface area contributed by atoms with Gasteiger partial charge in [-0.3, -0.25) is 0 Å². The second kappa shape index (κ2) is 6.18. The number of anilines is 2.